The van der Waals surface area contributed by atoms with Gasteiger partial charge in [0.05, 0.1) is 12.7 Å². The largest absolute Gasteiger partial charge is 0.467 e. The monoisotopic (exact) mass is 383 g/mol. The van der Waals surface area contributed by atoms with Crippen LogP contribution in [-0.4, -0.2) is 45.3 Å². The molecule has 1 N–H and O–H groups in total. The van der Waals surface area contributed by atoms with Crippen molar-refractivity contribution in [3.8, 4) is 6.01 Å². The van der Waals surface area contributed by atoms with Crippen LogP contribution in [0.4, 0.5) is 4.79 Å². The van der Waals surface area contributed by atoms with Crippen molar-refractivity contribution in [1.29, 1.82) is 0 Å². The Morgan fingerprint density at radius 3 is 2.43 bits per heavy atom. The summed E-state index contributed by atoms with van der Waals surface area (Å²) in [4.78, 5) is 22.9. The summed E-state index contributed by atoms with van der Waals surface area (Å²) in [6, 6.07) is 9.83. The first-order valence-electron chi connectivity index (χ1n) is 9.67. The van der Waals surface area contributed by atoms with Crippen LogP contribution < -0.4 is 4.74 Å². The highest BCUT2D eigenvalue weighted by Crippen LogP contribution is 2.44. The molecule has 2 aliphatic heterocycles. The van der Waals surface area contributed by atoms with E-state index in [4.69, 9.17) is 9.47 Å². The van der Waals surface area contributed by atoms with Crippen LogP contribution in [-0.2, 0) is 16.9 Å². The lowest BCUT2D eigenvalue weighted by Crippen LogP contribution is -2.59. The Bertz CT molecular complexity index is 798. The Kier molecular flexibility index (Phi) is 5.17. The van der Waals surface area contributed by atoms with Gasteiger partial charge in [0.15, 0.2) is 0 Å². The van der Waals surface area contributed by atoms with E-state index in [2.05, 4.69) is 9.97 Å². The maximum Gasteiger partial charge on any atom is 0.410 e. The van der Waals surface area contributed by atoms with E-state index >= 15 is 0 Å². The molecule has 1 aromatic heterocycles. The van der Waals surface area contributed by atoms with Gasteiger partial charge >= 0.3 is 12.1 Å². The predicted molar refractivity (Wildman–Crippen MR) is 102 cm³/mol. The lowest BCUT2D eigenvalue weighted by Gasteiger charge is -2.51. The van der Waals surface area contributed by atoms with Crippen LogP contribution in [0.2, 0.25) is 0 Å². The van der Waals surface area contributed by atoms with E-state index in [-0.39, 0.29) is 30.8 Å². The average molecular weight is 383 g/mol. The van der Waals surface area contributed by atoms with Gasteiger partial charge in [-0.05, 0) is 24.8 Å². The molecule has 2 atom stereocenters. The third kappa shape index (κ3) is 3.67. The smallest absolute Gasteiger partial charge is 0.410 e. The van der Waals surface area contributed by atoms with Crippen LogP contribution in [0, 0.1) is 0 Å². The molecule has 0 saturated carbocycles. The minimum Gasteiger partial charge on any atom is -0.467 e. The number of nitrogens with zero attached hydrogens (tertiary/aromatic N) is 3. The van der Waals surface area contributed by atoms with Crippen LogP contribution in [0.25, 0.3) is 0 Å². The zero-order valence-corrected chi connectivity index (χ0v) is 16.0. The van der Waals surface area contributed by atoms with Crippen molar-refractivity contribution in [2.75, 3.05) is 7.11 Å². The highest BCUT2D eigenvalue weighted by atomic mass is 16.6. The number of ether oxygens (including phenoxy) is 2. The maximum absolute atomic E-state index is 12.8. The minimum atomic E-state index is -1.04. The highest BCUT2D eigenvalue weighted by molar-refractivity contribution is 5.69. The van der Waals surface area contributed by atoms with E-state index in [9.17, 15) is 9.90 Å². The number of methoxy groups -OCH3 is 1. The third-order valence-electron chi connectivity index (χ3n) is 5.77. The number of rotatable bonds is 4. The van der Waals surface area contributed by atoms with Gasteiger partial charge in [0.2, 0.25) is 0 Å². The molecule has 2 aliphatic rings. The topological polar surface area (TPSA) is 84.8 Å². The molecule has 2 saturated heterocycles. The Morgan fingerprint density at radius 1 is 1.18 bits per heavy atom. The van der Waals surface area contributed by atoms with Crippen LogP contribution in [0.5, 0.6) is 6.01 Å². The number of piperidine rings is 2. The van der Waals surface area contributed by atoms with Crippen LogP contribution in [0.3, 0.4) is 0 Å². The number of hydrogen-bond acceptors (Lipinski definition) is 6. The fraction of sp³-hybridized carbons (Fsp3) is 0.476. The summed E-state index contributed by atoms with van der Waals surface area (Å²) in [6.07, 6.45) is 6.61. The van der Waals surface area contributed by atoms with Gasteiger partial charge in [-0.2, -0.15) is 0 Å². The zero-order valence-electron chi connectivity index (χ0n) is 16.0. The Morgan fingerprint density at radius 2 is 1.82 bits per heavy atom. The van der Waals surface area contributed by atoms with Gasteiger partial charge in [-0.1, -0.05) is 30.3 Å². The third-order valence-corrected chi connectivity index (χ3v) is 5.77. The Labute approximate surface area is 164 Å². The first kappa shape index (κ1) is 18.7. The number of fused-ring (bicyclic) bond motifs is 2. The zero-order chi connectivity index (χ0) is 19.6. The first-order chi connectivity index (χ1) is 13.6. The SMILES string of the molecule is COc1ncc(C2(O)CC3CCCC(C2)N3C(=O)OCc2ccccc2)cn1. The molecule has 2 bridgehead atoms. The number of carbonyl (C=O) groups excluding carboxylic acids is 1. The number of aliphatic hydroxyl groups is 1. The predicted octanol–water partition coefficient (Wildman–Crippen LogP) is 3.03. The van der Waals surface area contributed by atoms with Crippen LogP contribution in [0.1, 0.15) is 43.2 Å². The molecule has 2 aromatic rings. The van der Waals surface area contributed by atoms with Gasteiger partial charge in [-0.15, -0.1) is 0 Å². The molecule has 7 heteroatoms. The molecule has 4 rings (SSSR count). The molecule has 1 aromatic carbocycles. The number of carbonyl (C=O) groups is 1. The number of amides is 1. The Balaban J connectivity index is 1.47. The Hall–Kier alpha value is -2.67. The molecule has 2 fully saturated rings. The van der Waals surface area contributed by atoms with E-state index in [1.807, 2.05) is 35.2 Å². The maximum atomic E-state index is 12.8. The van der Waals surface area contributed by atoms with Crippen molar-refractivity contribution in [3.05, 3.63) is 53.9 Å². The van der Waals surface area contributed by atoms with E-state index in [0.29, 0.717) is 18.4 Å². The lowest BCUT2D eigenvalue weighted by atomic mass is 9.73. The second-order valence-electron chi connectivity index (χ2n) is 7.58. The summed E-state index contributed by atoms with van der Waals surface area (Å²) < 4.78 is 10.6. The van der Waals surface area contributed by atoms with Gasteiger partial charge in [0, 0.05) is 42.9 Å². The van der Waals surface area contributed by atoms with Crippen molar-refractivity contribution < 1.29 is 19.4 Å². The fourth-order valence-electron chi connectivity index (χ4n) is 4.42. The molecular weight excluding hydrogens is 358 g/mol. The fourth-order valence-corrected chi connectivity index (χ4v) is 4.42. The highest BCUT2D eigenvalue weighted by Gasteiger charge is 2.49. The van der Waals surface area contributed by atoms with Gasteiger partial charge in [0.1, 0.15) is 6.61 Å². The van der Waals surface area contributed by atoms with Crippen LogP contribution in [0.15, 0.2) is 42.7 Å². The summed E-state index contributed by atoms with van der Waals surface area (Å²) in [7, 11) is 1.51. The summed E-state index contributed by atoms with van der Waals surface area (Å²) >= 11 is 0. The van der Waals surface area contributed by atoms with Crippen molar-refractivity contribution in [2.45, 2.75) is 56.4 Å². The standard InChI is InChI=1S/C21H25N3O4/c1-27-19-22-12-16(13-23-19)21(26)10-17-8-5-9-18(11-21)24(17)20(25)28-14-15-6-3-2-4-7-15/h2-4,6-7,12-13,17-18,26H,5,8-11,14H2,1H3. The molecule has 0 aliphatic carbocycles. The molecule has 2 unspecified atom stereocenters. The van der Waals surface area contributed by atoms with E-state index in [0.717, 1.165) is 24.8 Å². The van der Waals surface area contributed by atoms with E-state index in [1.165, 1.54) is 7.11 Å². The van der Waals surface area contributed by atoms with Crippen molar-refractivity contribution >= 4 is 6.09 Å². The van der Waals surface area contributed by atoms with Gasteiger partial charge in [-0.3, -0.25) is 0 Å². The molecular formula is C21H25N3O4. The number of hydrogen-bond donors (Lipinski definition) is 1. The molecule has 148 valence electrons. The number of aromatic nitrogens is 2. The molecule has 0 spiro atoms. The molecule has 28 heavy (non-hydrogen) atoms. The van der Waals surface area contributed by atoms with Gasteiger partial charge < -0.3 is 19.5 Å². The molecule has 1 amide bonds. The first-order valence-corrected chi connectivity index (χ1v) is 9.67. The molecule has 3 heterocycles. The minimum absolute atomic E-state index is 0.0529. The summed E-state index contributed by atoms with van der Waals surface area (Å²) in [5.41, 5.74) is 0.588. The van der Waals surface area contributed by atoms with E-state index in [1.54, 1.807) is 12.4 Å². The van der Waals surface area contributed by atoms with Gasteiger partial charge in [0.25, 0.3) is 0 Å². The van der Waals surface area contributed by atoms with Crippen molar-refractivity contribution in [1.82, 2.24) is 14.9 Å². The average Bonchev–Trinajstić information content (AvgIpc) is 2.72. The quantitative estimate of drug-likeness (QED) is 0.874. The van der Waals surface area contributed by atoms with Crippen molar-refractivity contribution in [3.63, 3.8) is 0 Å². The lowest BCUT2D eigenvalue weighted by molar-refractivity contribution is -0.0899. The van der Waals surface area contributed by atoms with E-state index < -0.39 is 5.60 Å². The summed E-state index contributed by atoms with van der Waals surface area (Å²) in [6.45, 7) is 0.256. The second-order valence-corrected chi connectivity index (χ2v) is 7.58. The summed E-state index contributed by atoms with van der Waals surface area (Å²) in [5, 5.41) is 11.3. The van der Waals surface area contributed by atoms with Crippen LogP contribution >= 0.6 is 0 Å². The van der Waals surface area contributed by atoms with Crippen molar-refractivity contribution in [2.24, 2.45) is 0 Å². The normalized spacial score (nSPS) is 26.6. The summed E-state index contributed by atoms with van der Waals surface area (Å²) in [5.74, 6) is 0. The van der Waals surface area contributed by atoms with Gasteiger partial charge in [-0.25, -0.2) is 14.8 Å². The number of benzene rings is 1. The molecule has 7 nitrogen and oxygen atoms in total. The second kappa shape index (κ2) is 7.75. The molecule has 0 radical (unpaired) electrons.